The molecule has 0 aliphatic carbocycles. The minimum absolute atomic E-state index is 0.768. The number of para-hydroxylation sites is 5. The van der Waals surface area contributed by atoms with Crippen molar-refractivity contribution >= 4 is 45.7 Å². The van der Waals surface area contributed by atoms with Crippen molar-refractivity contribution in [3.63, 3.8) is 0 Å². The Bertz CT molecular complexity index is 1680. The summed E-state index contributed by atoms with van der Waals surface area (Å²) in [6.07, 6.45) is 1.75. The fraction of sp³-hybridized carbons (Fsp3) is 0.0286. The summed E-state index contributed by atoms with van der Waals surface area (Å²) in [4.78, 5) is 9.47. The standard InChI is InChI=1S/C32H22N4S.C3H6/c1-3-11-23(12-4-1)31-33-32(37-34-31)24-19-21-26(22-20-24)36-29-17-9-7-15-27(29)35(25-13-5-2-6-14-25)28-16-8-10-18-30(28)36;1-3-2/h1-22H;3H,1H2,2H3. The summed E-state index contributed by atoms with van der Waals surface area (Å²) in [7, 11) is 0. The summed E-state index contributed by atoms with van der Waals surface area (Å²) in [5.41, 5.74) is 8.91. The van der Waals surface area contributed by atoms with Gasteiger partial charge in [-0.3, -0.25) is 0 Å². The van der Waals surface area contributed by atoms with Gasteiger partial charge in [-0.2, -0.15) is 4.37 Å². The number of anilines is 6. The maximum absolute atomic E-state index is 4.80. The van der Waals surface area contributed by atoms with Crippen LogP contribution >= 0.6 is 11.5 Å². The van der Waals surface area contributed by atoms with Gasteiger partial charge in [0.1, 0.15) is 5.01 Å². The first-order chi connectivity index (χ1) is 19.8. The monoisotopic (exact) mass is 536 g/mol. The number of rotatable bonds is 4. The molecular weight excluding hydrogens is 508 g/mol. The zero-order valence-corrected chi connectivity index (χ0v) is 23.0. The third-order valence-electron chi connectivity index (χ3n) is 6.57. The molecule has 6 aromatic rings. The predicted octanol–water partition coefficient (Wildman–Crippen LogP) is 10.3. The zero-order valence-electron chi connectivity index (χ0n) is 22.2. The summed E-state index contributed by atoms with van der Waals surface area (Å²) < 4.78 is 4.59. The minimum Gasteiger partial charge on any atom is -0.306 e. The van der Waals surface area contributed by atoms with Crippen LogP contribution in [0, 0.1) is 0 Å². The van der Waals surface area contributed by atoms with E-state index >= 15 is 0 Å². The van der Waals surface area contributed by atoms with Gasteiger partial charge >= 0.3 is 0 Å². The normalized spacial score (nSPS) is 11.6. The quantitative estimate of drug-likeness (QED) is 0.209. The van der Waals surface area contributed by atoms with Crippen LogP contribution in [0.3, 0.4) is 0 Å². The fourth-order valence-corrected chi connectivity index (χ4v) is 5.56. The Morgan fingerprint density at radius 2 is 0.975 bits per heavy atom. The van der Waals surface area contributed by atoms with Crippen LogP contribution in [0.1, 0.15) is 6.92 Å². The maximum atomic E-state index is 4.80. The number of benzene rings is 5. The second-order valence-corrected chi connectivity index (χ2v) is 9.98. The minimum atomic E-state index is 0.768. The molecule has 0 bridgehead atoms. The van der Waals surface area contributed by atoms with Crippen molar-refractivity contribution in [3.05, 3.63) is 146 Å². The van der Waals surface area contributed by atoms with Gasteiger partial charge in [-0.05, 0) is 79.1 Å². The Hall–Kier alpha value is -5.00. The van der Waals surface area contributed by atoms with E-state index in [1.165, 1.54) is 11.5 Å². The number of hydrogen-bond donors (Lipinski definition) is 0. The Balaban J connectivity index is 0.000000925. The SMILES string of the molecule is C=CC.c1ccc(-c2nsc(-c3ccc(N4c5ccccc5N(c5ccccc5)c5ccccc54)cc3)n2)cc1. The van der Waals surface area contributed by atoms with Crippen LogP contribution in [0.5, 0.6) is 0 Å². The second kappa shape index (κ2) is 11.4. The van der Waals surface area contributed by atoms with Crippen LogP contribution in [-0.4, -0.2) is 9.36 Å². The third kappa shape index (κ3) is 4.79. The van der Waals surface area contributed by atoms with Gasteiger partial charge in [0.2, 0.25) is 0 Å². The van der Waals surface area contributed by atoms with Crippen LogP contribution in [0.25, 0.3) is 22.0 Å². The van der Waals surface area contributed by atoms with Crippen molar-refractivity contribution in [2.45, 2.75) is 6.92 Å². The lowest BCUT2D eigenvalue weighted by molar-refractivity contribution is 1.17. The van der Waals surface area contributed by atoms with E-state index < -0.39 is 0 Å². The molecule has 0 spiro atoms. The average Bonchev–Trinajstić information content (AvgIpc) is 3.52. The van der Waals surface area contributed by atoms with Gasteiger partial charge in [0.25, 0.3) is 0 Å². The summed E-state index contributed by atoms with van der Waals surface area (Å²) in [5, 5.41) is 0.917. The van der Waals surface area contributed by atoms with Crippen molar-refractivity contribution < 1.29 is 0 Å². The van der Waals surface area contributed by atoms with Crippen LogP contribution in [0.2, 0.25) is 0 Å². The second-order valence-electron chi connectivity index (χ2n) is 9.23. The predicted molar refractivity (Wildman–Crippen MR) is 170 cm³/mol. The van der Waals surface area contributed by atoms with Gasteiger partial charge < -0.3 is 9.80 Å². The van der Waals surface area contributed by atoms with Crippen LogP contribution in [0.15, 0.2) is 146 Å². The molecule has 4 nitrogen and oxygen atoms in total. The van der Waals surface area contributed by atoms with E-state index in [0.29, 0.717) is 0 Å². The molecule has 0 saturated carbocycles. The fourth-order valence-electron chi connectivity index (χ4n) is 4.88. The largest absolute Gasteiger partial charge is 0.306 e. The summed E-state index contributed by atoms with van der Waals surface area (Å²) in [6, 6.07) is 46.4. The van der Waals surface area contributed by atoms with E-state index in [4.69, 9.17) is 4.98 Å². The van der Waals surface area contributed by atoms with Gasteiger partial charge in [0.15, 0.2) is 5.82 Å². The molecule has 0 N–H and O–H groups in total. The third-order valence-corrected chi connectivity index (χ3v) is 7.34. The highest BCUT2D eigenvalue weighted by atomic mass is 32.1. The lowest BCUT2D eigenvalue weighted by atomic mass is 10.0. The van der Waals surface area contributed by atoms with Gasteiger partial charge in [-0.1, -0.05) is 78.9 Å². The van der Waals surface area contributed by atoms with Crippen LogP contribution in [-0.2, 0) is 0 Å². The lowest BCUT2D eigenvalue weighted by Crippen LogP contribution is -2.23. The summed E-state index contributed by atoms with van der Waals surface area (Å²) >= 11 is 1.43. The molecule has 194 valence electrons. The Morgan fingerprint density at radius 3 is 1.48 bits per heavy atom. The van der Waals surface area contributed by atoms with Crippen molar-refractivity contribution in [1.29, 1.82) is 0 Å². The van der Waals surface area contributed by atoms with E-state index in [1.54, 1.807) is 6.08 Å². The number of allylic oxidation sites excluding steroid dienone is 1. The molecule has 0 amide bonds. The number of fused-ring (bicyclic) bond motifs is 2. The Morgan fingerprint density at radius 1 is 0.550 bits per heavy atom. The van der Waals surface area contributed by atoms with Crippen molar-refractivity contribution in [1.82, 2.24) is 9.36 Å². The molecule has 5 aromatic carbocycles. The van der Waals surface area contributed by atoms with E-state index in [0.717, 1.165) is 56.1 Å². The molecule has 0 radical (unpaired) electrons. The van der Waals surface area contributed by atoms with E-state index in [-0.39, 0.29) is 0 Å². The molecule has 0 atom stereocenters. The smallest absolute Gasteiger partial charge is 0.173 e. The molecular formula is C35H28N4S. The molecule has 0 saturated heterocycles. The van der Waals surface area contributed by atoms with Gasteiger partial charge in [0.05, 0.1) is 22.7 Å². The first-order valence-corrected chi connectivity index (χ1v) is 14.0. The molecule has 7 rings (SSSR count). The molecule has 40 heavy (non-hydrogen) atoms. The highest BCUT2D eigenvalue weighted by Crippen LogP contribution is 2.53. The number of aromatic nitrogens is 2. The first kappa shape index (κ1) is 25.3. The highest BCUT2D eigenvalue weighted by Gasteiger charge is 2.29. The lowest BCUT2D eigenvalue weighted by Gasteiger charge is -2.40. The van der Waals surface area contributed by atoms with Gasteiger partial charge in [-0.15, -0.1) is 6.58 Å². The molecule has 5 heteroatoms. The van der Waals surface area contributed by atoms with Crippen LogP contribution in [0.4, 0.5) is 34.1 Å². The van der Waals surface area contributed by atoms with Crippen molar-refractivity contribution in [2.75, 3.05) is 9.80 Å². The maximum Gasteiger partial charge on any atom is 0.173 e. The van der Waals surface area contributed by atoms with Crippen molar-refractivity contribution in [2.24, 2.45) is 0 Å². The van der Waals surface area contributed by atoms with E-state index in [1.807, 2.05) is 37.3 Å². The molecule has 2 heterocycles. The average molecular weight is 537 g/mol. The Labute approximate surface area is 239 Å². The first-order valence-electron chi connectivity index (χ1n) is 13.2. The van der Waals surface area contributed by atoms with Gasteiger partial charge in [0, 0.05) is 22.5 Å². The Kier molecular flexibility index (Phi) is 7.20. The number of hydrogen-bond acceptors (Lipinski definition) is 5. The summed E-state index contributed by atoms with van der Waals surface area (Å²) in [5.74, 6) is 0.768. The highest BCUT2D eigenvalue weighted by molar-refractivity contribution is 7.09. The summed E-state index contributed by atoms with van der Waals surface area (Å²) in [6.45, 7) is 5.25. The molecule has 1 aliphatic heterocycles. The van der Waals surface area contributed by atoms with Crippen LogP contribution < -0.4 is 9.80 Å². The molecule has 1 aromatic heterocycles. The number of nitrogens with zero attached hydrogens (tertiary/aromatic N) is 4. The van der Waals surface area contributed by atoms with Gasteiger partial charge in [-0.25, -0.2) is 4.98 Å². The van der Waals surface area contributed by atoms with E-state index in [2.05, 4.69) is 124 Å². The molecule has 0 fully saturated rings. The molecule has 1 aliphatic rings. The van der Waals surface area contributed by atoms with Crippen molar-refractivity contribution in [3.8, 4) is 22.0 Å². The topological polar surface area (TPSA) is 32.3 Å². The van der Waals surface area contributed by atoms with E-state index in [9.17, 15) is 0 Å². The molecule has 0 unspecified atom stereocenters. The zero-order chi connectivity index (χ0) is 27.3.